The summed E-state index contributed by atoms with van der Waals surface area (Å²) in [4.78, 5) is 15.5. The normalized spacial score (nSPS) is 10.8. The first-order chi connectivity index (χ1) is 8.71. The van der Waals surface area contributed by atoms with E-state index in [0.29, 0.717) is 11.1 Å². The van der Waals surface area contributed by atoms with Gasteiger partial charge in [0.05, 0.1) is 11.6 Å². The summed E-state index contributed by atoms with van der Waals surface area (Å²) >= 11 is 0. The number of carbonyl (C=O) groups is 1. The van der Waals surface area contributed by atoms with Gasteiger partial charge in [0.2, 0.25) is 0 Å². The average molecular weight is 240 g/mol. The molecule has 0 saturated heterocycles. The second-order valence-electron chi connectivity index (χ2n) is 4.45. The third-order valence-electron chi connectivity index (χ3n) is 3.43. The van der Waals surface area contributed by atoms with E-state index < -0.39 is 0 Å². The van der Waals surface area contributed by atoms with Crippen LogP contribution in [0, 0.1) is 17.2 Å². The number of rotatable bonds is 4. The molecule has 0 amide bonds. The lowest BCUT2D eigenvalue weighted by atomic mass is 9.92. The Bertz CT molecular complexity index is 615. The summed E-state index contributed by atoms with van der Waals surface area (Å²) in [6.07, 6.45) is 3.45. The smallest absolute Gasteiger partial charge is 0.168 e. The van der Waals surface area contributed by atoms with Crippen molar-refractivity contribution in [2.45, 2.75) is 26.7 Å². The summed E-state index contributed by atoms with van der Waals surface area (Å²) in [7, 11) is 0. The predicted octanol–water partition coefficient (Wildman–Crippen LogP) is 3.66. The van der Waals surface area contributed by atoms with Gasteiger partial charge in [0.15, 0.2) is 5.78 Å². The van der Waals surface area contributed by atoms with Gasteiger partial charge in [-0.05, 0) is 31.0 Å². The van der Waals surface area contributed by atoms with Crippen molar-refractivity contribution in [2.75, 3.05) is 0 Å². The molecule has 0 radical (unpaired) electrons. The van der Waals surface area contributed by atoms with Crippen molar-refractivity contribution >= 4 is 16.7 Å². The number of benzene rings is 1. The van der Waals surface area contributed by atoms with Crippen molar-refractivity contribution in [2.24, 2.45) is 5.92 Å². The lowest BCUT2D eigenvalue weighted by Gasteiger charge is -2.09. The summed E-state index contributed by atoms with van der Waals surface area (Å²) in [5, 5.41) is 9.77. The quantitative estimate of drug-likeness (QED) is 0.829. The zero-order chi connectivity index (χ0) is 13.1. The van der Waals surface area contributed by atoms with Crippen molar-refractivity contribution in [3.05, 3.63) is 35.5 Å². The molecule has 0 aliphatic rings. The number of aromatic nitrogens is 1. The minimum Gasteiger partial charge on any atom is -0.360 e. The number of carbonyl (C=O) groups excluding carboxylic acids is 1. The van der Waals surface area contributed by atoms with E-state index in [1.165, 1.54) is 0 Å². The van der Waals surface area contributed by atoms with Crippen LogP contribution in [-0.2, 0) is 0 Å². The summed E-state index contributed by atoms with van der Waals surface area (Å²) in [6, 6.07) is 7.49. The maximum atomic E-state index is 12.4. The number of nitrogens with one attached hydrogen (secondary N) is 1. The lowest BCUT2D eigenvalue weighted by Crippen LogP contribution is -2.12. The van der Waals surface area contributed by atoms with Gasteiger partial charge in [0.25, 0.3) is 0 Å². The second kappa shape index (κ2) is 5.05. The number of Topliss-reactive ketones (excluding diaryl/α,β-unsaturated/α-hetero) is 1. The molecule has 3 nitrogen and oxygen atoms in total. The summed E-state index contributed by atoms with van der Waals surface area (Å²) in [5.41, 5.74) is 2.19. The number of H-pyrrole nitrogens is 1. The fourth-order valence-corrected chi connectivity index (χ4v) is 2.27. The summed E-state index contributed by atoms with van der Waals surface area (Å²) in [5.74, 6) is 0.232. The number of nitrogens with zero attached hydrogens (tertiary/aromatic N) is 1. The van der Waals surface area contributed by atoms with Gasteiger partial charge in [-0.15, -0.1) is 0 Å². The zero-order valence-corrected chi connectivity index (χ0v) is 10.7. The number of aromatic amines is 1. The number of hydrogen-bond donors (Lipinski definition) is 1. The molecule has 0 saturated carbocycles. The van der Waals surface area contributed by atoms with Gasteiger partial charge >= 0.3 is 0 Å². The Hall–Kier alpha value is -2.08. The van der Waals surface area contributed by atoms with Crippen molar-refractivity contribution < 1.29 is 4.79 Å². The highest BCUT2D eigenvalue weighted by Crippen LogP contribution is 2.24. The molecule has 18 heavy (non-hydrogen) atoms. The van der Waals surface area contributed by atoms with Crippen molar-refractivity contribution in [1.29, 1.82) is 5.26 Å². The number of hydrogen-bond acceptors (Lipinski definition) is 2. The monoisotopic (exact) mass is 240 g/mol. The van der Waals surface area contributed by atoms with E-state index in [4.69, 9.17) is 5.26 Å². The van der Waals surface area contributed by atoms with E-state index in [1.807, 2.05) is 19.9 Å². The van der Waals surface area contributed by atoms with Crippen molar-refractivity contribution in [1.82, 2.24) is 4.98 Å². The van der Waals surface area contributed by atoms with Crippen LogP contribution in [0.3, 0.4) is 0 Å². The Kier molecular flexibility index (Phi) is 3.47. The van der Waals surface area contributed by atoms with Gasteiger partial charge < -0.3 is 4.98 Å². The Morgan fingerprint density at radius 2 is 2.11 bits per heavy atom. The Labute approximate surface area is 106 Å². The molecule has 0 aliphatic carbocycles. The molecule has 0 unspecified atom stereocenters. The molecule has 1 heterocycles. The molecule has 3 heteroatoms. The molecule has 0 bridgehead atoms. The minimum atomic E-state index is 0.0646. The molecule has 1 aromatic heterocycles. The van der Waals surface area contributed by atoms with Crippen molar-refractivity contribution in [3.8, 4) is 6.07 Å². The van der Waals surface area contributed by atoms with E-state index in [9.17, 15) is 4.79 Å². The third-order valence-corrected chi connectivity index (χ3v) is 3.43. The number of ketones is 1. The molecule has 2 aromatic rings. The van der Waals surface area contributed by atoms with Gasteiger partial charge in [0, 0.05) is 28.6 Å². The van der Waals surface area contributed by atoms with Crippen LogP contribution in [0.4, 0.5) is 0 Å². The van der Waals surface area contributed by atoms with Crippen LogP contribution in [0.25, 0.3) is 10.9 Å². The maximum absolute atomic E-state index is 12.4. The zero-order valence-electron chi connectivity index (χ0n) is 10.7. The van der Waals surface area contributed by atoms with E-state index in [2.05, 4.69) is 11.1 Å². The molecule has 1 N–H and O–H groups in total. The van der Waals surface area contributed by atoms with Crippen LogP contribution in [0.1, 0.15) is 42.6 Å². The van der Waals surface area contributed by atoms with Crippen molar-refractivity contribution in [3.63, 3.8) is 0 Å². The lowest BCUT2D eigenvalue weighted by molar-refractivity contribution is 0.0915. The minimum absolute atomic E-state index is 0.0646. The highest BCUT2D eigenvalue weighted by Gasteiger charge is 2.19. The molecule has 1 aromatic carbocycles. The van der Waals surface area contributed by atoms with Crippen LogP contribution < -0.4 is 0 Å². The maximum Gasteiger partial charge on any atom is 0.168 e. The predicted molar refractivity (Wildman–Crippen MR) is 71.4 cm³/mol. The van der Waals surface area contributed by atoms with E-state index in [0.717, 1.165) is 23.7 Å². The summed E-state index contributed by atoms with van der Waals surface area (Å²) in [6.45, 7) is 4.06. The van der Waals surface area contributed by atoms with Crippen LogP contribution in [0.15, 0.2) is 24.4 Å². The van der Waals surface area contributed by atoms with Gasteiger partial charge in [0.1, 0.15) is 0 Å². The van der Waals surface area contributed by atoms with Crippen LogP contribution in [-0.4, -0.2) is 10.8 Å². The Morgan fingerprint density at radius 1 is 1.39 bits per heavy atom. The molecule has 2 rings (SSSR count). The largest absolute Gasteiger partial charge is 0.360 e. The fraction of sp³-hybridized carbons (Fsp3) is 0.333. The number of fused-ring (bicyclic) bond motifs is 1. The third kappa shape index (κ3) is 2.02. The average Bonchev–Trinajstić information content (AvgIpc) is 2.82. The molecule has 0 fully saturated rings. The van der Waals surface area contributed by atoms with Gasteiger partial charge in [-0.3, -0.25) is 4.79 Å². The molecular formula is C15H16N2O. The van der Waals surface area contributed by atoms with Gasteiger partial charge in [-0.2, -0.15) is 5.26 Å². The standard InChI is InChI=1S/C15H16N2O/c1-3-11(4-2)15(18)13-9-17-14-6-5-10(8-16)7-12(13)14/h5-7,9,11,17H,3-4H2,1-2H3. The molecular weight excluding hydrogens is 224 g/mol. The summed E-state index contributed by atoms with van der Waals surface area (Å²) < 4.78 is 0. The highest BCUT2D eigenvalue weighted by atomic mass is 16.1. The Balaban J connectivity index is 2.51. The molecule has 0 atom stereocenters. The first-order valence-electron chi connectivity index (χ1n) is 6.26. The SMILES string of the molecule is CCC(CC)C(=O)c1c[nH]c2ccc(C#N)cc12. The van der Waals surface area contributed by atoms with Gasteiger partial charge in [-0.25, -0.2) is 0 Å². The molecule has 0 aliphatic heterocycles. The Morgan fingerprint density at radius 3 is 2.72 bits per heavy atom. The van der Waals surface area contributed by atoms with E-state index >= 15 is 0 Å². The topological polar surface area (TPSA) is 56.6 Å². The van der Waals surface area contributed by atoms with Crippen LogP contribution >= 0.6 is 0 Å². The fourth-order valence-electron chi connectivity index (χ4n) is 2.27. The van der Waals surface area contributed by atoms with E-state index in [-0.39, 0.29) is 11.7 Å². The van der Waals surface area contributed by atoms with Crippen LogP contribution in [0.2, 0.25) is 0 Å². The van der Waals surface area contributed by atoms with Gasteiger partial charge in [-0.1, -0.05) is 13.8 Å². The first kappa shape index (κ1) is 12.4. The first-order valence-corrected chi connectivity index (χ1v) is 6.26. The second-order valence-corrected chi connectivity index (χ2v) is 4.45. The molecule has 92 valence electrons. The highest BCUT2D eigenvalue weighted by molar-refractivity contribution is 6.09. The van der Waals surface area contributed by atoms with E-state index in [1.54, 1.807) is 18.3 Å². The van der Waals surface area contributed by atoms with Crippen LogP contribution in [0.5, 0.6) is 0 Å². The molecule has 0 spiro atoms. The number of nitriles is 1.